The van der Waals surface area contributed by atoms with E-state index in [9.17, 15) is 0 Å². The van der Waals surface area contributed by atoms with Gasteiger partial charge >= 0.3 is 0 Å². The van der Waals surface area contributed by atoms with Crippen LogP contribution in [-0.4, -0.2) is 4.98 Å². The Morgan fingerprint density at radius 3 is 2.82 bits per heavy atom. The molecule has 1 rings (SSSR count). The molecule has 0 aliphatic rings. The Labute approximate surface area is 75.1 Å². The van der Waals surface area contributed by atoms with Gasteiger partial charge in [0.05, 0.1) is 11.5 Å². The topological polar surface area (TPSA) is 26.0 Å². The summed E-state index contributed by atoms with van der Waals surface area (Å²) in [5, 5.41) is 0.748. The number of hydrogen-bond acceptors (Lipinski definition) is 2. The van der Waals surface area contributed by atoms with Crippen LogP contribution in [0.25, 0.3) is 0 Å². The van der Waals surface area contributed by atoms with Crippen LogP contribution in [0.3, 0.4) is 0 Å². The summed E-state index contributed by atoms with van der Waals surface area (Å²) in [4.78, 5) is 4.13. The van der Waals surface area contributed by atoms with Gasteiger partial charge in [-0.25, -0.2) is 4.98 Å². The Bertz CT molecular complexity index is 220. The van der Waals surface area contributed by atoms with Crippen molar-refractivity contribution in [1.82, 2.24) is 4.98 Å². The van der Waals surface area contributed by atoms with Crippen molar-refractivity contribution in [1.29, 1.82) is 0 Å². The summed E-state index contributed by atoms with van der Waals surface area (Å²) in [6, 6.07) is 0. The lowest BCUT2D eigenvalue weighted by Gasteiger charge is -1.97. The lowest BCUT2D eigenvalue weighted by molar-refractivity contribution is 0.439. The van der Waals surface area contributed by atoms with E-state index in [0.717, 1.165) is 23.4 Å². The molecule has 0 amide bonds. The molecule has 0 N–H and O–H groups in total. The maximum atomic E-state index is 5.39. The van der Waals surface area contributed by atoms with Crippen LogP contribution in [0, 0.1) is 5.92 Å². The fourth-order valence-corrected chi connectivity index (χ4v) is 1.11. The second kappa shape index (κ2) is 3.90. The van der Waals surface area contributed by atoms with E-state index in [2.05, 4.69) is 34.8 Å². The van der Waals surface area contributed by atoms with Crippen LogP contribution in [-0.2, 0) is 11.8 Å². The Hall–Kier alpha value is -0.310. The van der Waals surface area contributed by atoms with E-state index >= 15 is 0 Å². The van der Waals surface area contributed by atoms with E-state index < -0.39 is 0 Å². The van der Waals surface area contributed by atoms with Crippen molar-refractivity contribution in [3.63, 3.8) is 0 Å². The summed E-state index contributed by atoms with van der Waals surface area (Å²) < 4.78 is 5.39. The summed E-state index contributed by atoms with van der Waals surface area (Å²) in [7, 11) is 0. The van der Waals surface area contributed by atoms with Gasteiger partial charge in [-0.05, 0) is 5.92 Å². The predicted molar refractivity (Wildman–Crippen MR) is 47.7 cm³/mol. The molecule has 11 heavy (non-hydrogen) atoms. The van der Waals surface area contributed by atoms with Crippen molar-refractivity contribution in [2.75, 3.05) is 0 Å². The maximum Gasteiger partial charge on any atom is 0.194 e. The molecule has 0 unspecified atom stereocenters. The first-order valence-corrected chi connectivity index (χ1v) is 4.84. The maximum absolute atomic E-state index is 5.39. The molecule has 1 aromatic rings. The number of nitrogens with zero attached hydrogens (tertiary/aromatic N) is 1. The molecule has 0 bridgehead atoms. The highest BCUT2D eigenvalue weighted by molar-refractivity contribution is 9.08. The summed E-state index contributed by atoms with van der Waals surface area (Å²) in [6.07, 6.45) is 2.69. The monoisotopic (exact) mass is 217 g/mol. The summed E-state index contributed by atoms with van der Waals surface area (Å²) in [5.74, 6) is 2.35. The molecular formula is C8H12BrNO. The van der Waals surface area contributed by atoms with E-state index in [0.29, 0.717) is 5.92 Å². The zero-order valence-corrected chi connectivity index (χ0v) is 8.39. The van der Waals surface area contributed by atoms with Crippen molar-refractivity contribution in [2.45, 2.75) is 25.6 Å². The number of hydrogen-bond donors (Lipinski definition) is 0. The fourth-order valence-electron chi connectivity index (χ4n) is 0.853. The molecule has 1 aromatic heterocycles. The van der Waals surface area contributed by atoms with Crippen LogP contribution in [0.2, 0.25) is 0 Å². The molecule has 0 spiro atoms. The van der Waals surface area contributed by atoms with Gasteiger partial charge in [0.25, 0.3) is 0 Å². The van der Waals surface area contributed by atoms with Crippen LogP contribution in [0.4, 0.5) is 0 Å². The van der Waals surface area contributed by atoms with E-state index in [4.69, 9.17) is 4.42 Å². The van der Waals surface area contributed by atoms with E-state index in [1.165, 1.54) is 0 Å². The molecule has 0 atom stereocenters. The lowest BCUT2D eigenvalue weighted by atomic mass is 10.1. The average Bonchev–Trinajstić information content (AvgIpc) is 2.34. The molecule has 62 valence electrons. The van der Waals surface area contributed by atoms with Gasteiger partial charge in [-0.2, -0.15) is 0 Å². The minimum atomic E-state index is 0.608. The molecule has 3 heteroatoms. The molecule has 0 aliphatic carbocycles. The molecule has 0 radical (unpaired) electrons. The van der Waals surface area contributed by atoms with Gasteiger partial charge in [-0.1, -0.05) is 29.8 Å². The third-order valence-electron chi connectivity index (χ3n) is 1.32. The second-order valence-electron chi connectivity index (χ2n) is 2.95. The number of halogens is 1. The van der Waals surface area contributed by atoms with E-state index in [1.807, 2.05) is 0 Å². The zero-order valence-electron chi connectivity index (χ0n) is 6.80. The lowest BCUT2D eigenvalue weighted by Crippen LogP contribution is -1.92. The molecule has 0 saturated carbocycles. The van der Waals surface area contributed by atoms with Crippen LogP contribution in [0.15, 0.2) is 10.6 Å². The van der Waals surface area contributed by atoms with Crippen LogP contribution in [0.5, 0.6) is 0 Å². The molecule has 0 aliphatic heterocycles. The summed E-state index contributed by atoms with van der Waals surface area (Å²) in [6.45, 7) is 4.30. The smallest absolute Gasteiger partial charge is 0.194 e. The number of alkyl halides is 1. The van der Waals surface area contributed by atoms with E-state index in [1.54, 1.807) is 6.20 Å². The molecule has 0 fully saturated rings. The van der Waals surface area contributed by atoms with Gasteiger partial charge in [0.2, 0.25) is 0 Å². The van der Waals surface area contributed by atoms with Crippen molar-refractivity contribution in [2.24, 2.45) is 5.92 Å². The highest BCUT2D eigenvalue weighted by Crippen LogP contribution is 2.11. The first-order valence-electron chi connectivity index (χ1n) is 3.72. The number of oxazole rings is 1. The van der Waals surface area contributed by atoms with E-state index in [-0.39, 0.29) is 0 Å². The third-order valence-corrected chi connectivity index (χ3v) is 1.87. The van der Waals surface area contributed by atoms with Crippen LogP contribution >= 0.6 is 15.9 Å². The van der Waals surface area contributed by atoms with Gasteiger partial charge in [-0.15, -0.1) is 0 Å². The fraction of sp³-hybridized carbons (Fsp3) is 0.625. The largest absolute Gasteiger partial charge is 0.445 e. The molecular weight excluding hydrogens is 206 g/mol. The van der Waals surface area contributed by atoms with Gasteiger partial charge in [0, 0.05) is 6.42 Å². The minimum absolute atomic E-state index is 0.608. The number of rotatable bonds is 3. The first-order chi connectivity index (χ1) is 5.22. The summed E-state index contributed by atoms with van der Waals surface area (Å²) in [5.41, 5.74) is 0. The van der Waals surface area contributed by atoms with Crippen LogP contribution < -0.4 is 0 Å². The van der Waals surface area contributed by atoms with Crippen molar-refractivity contribution in [3.05, 3.63) is 17.8 Å². The minimum Gasteiger partial charge on any atom is -0.445 e. The Kier molecular flexibility index (Phi) is 3.12. The van der Waals surface area contributed by atoms with Gasteiger partial charge in [0.1, 0.15) is 5.76 Å². The molecule has 0 aromatic carbocycles. The Balaban J connectivity index is 2.58. The van der Waals surface area contributed by atoms with Gasteiger partial charge < -0.3 is 4.42 Å². The Morgan fingerprint density at radius 1 is 1.64 bits per heavy atom. The SMILES string of the molecule is CC(C)Cc1ncc(CBr)o1. The highest BCUT2D eigenvalue weighted by atomic mass is 79.9. The van der Waals surface area contributed by atoms with Crippen molar-refractivity contribution in [3.8, 4) is 0 Å². The highest BCUT2D eigenvalue weighted by Gasteiger charge is 2.04. The summed E-state index contributed by atoms with van der Waals surface area (Å²) >= 11 is 3.30. The molecule has 2 nitrogen and oxygen atoms in total. The second-order valence-corrected chi connectivity index (χ2v) is 3.51. The quantitative estimate of drug-likeness (QED) is 0.729. The first kappa shape index (κ1) is 8.78. The van der Waals surface area contributed by atoms with Gasteiger partial charge in [-0.3, -0.25) is 0 Å². The normalized spacial score (nSPS) is 10.9. The molecule has 0 saturated heterocycles. The average molecular weight is 218 g/mol. The predicted octanol–water partition coefficient (Wildman–Crippen LogP) is 2.77. The van der Waals surface area contributed by atoms with Crippen LogP contribution in [0.1, 0.15) is 25.5 Å². The Morgan fingerprint density at radius 2 is 2.36 bits per heavy atom. The van der Waals surface area contributed by atoms with Crippen molar-refractivity contribution < 1.29 is 4.42 Å². The number of aromatic nitrogens is 1. The third kappa shape index (κ3) is 2.66. The molecule has 1 heterocycles. The standard InChI is InChI=1S/C8H12BrNO/c1-6(2)3-8-10-5-7(4-9)11-8/h5-6H,3-4H2,1-2H3. The zero-order chi connectivity index (χ0) is 8.27. The van der Waals surface area contributed by atoms with Crippen molar-refractivity contribution >= 4 is 15.9 Å². The van der Waals surface area contributed by atoms with Gasteiger partial charge in [0.15, 0.2) is 5.89 Å².